The Morgan fingerprint density at radius 2 is 2.22 bits per heavy atom. The lowest BCUT2D eigenvalue weighted by Gasteiger charge is -2.01. The zero-order valence-corrected chi connectivity index (χ0v) is 11.6. The van der Waals surface area contributed by atoms with E-state index < -0.39 is 4.92 Å². The van der Waals surface area contributed by atoms with Crippen LogP contribution < -0.4 is 0 Å². The van der Waals surface area contributed by atoms with Gasteiger partial charge in [-0.15, -0.1) is 0 Å². The van der Waals surface area contributed by atoms with Crippen molar-refractivity contribution in [3.63, 3.8) is 0 Å². The van der Waals surface area contributed by atoms with Crippen LogP contribution in [0.1, 0.15) is 18.3 Å². The van der Waals surface area contributed by atoms with Gasteiger partial charge in [0.15, 0.2) is 0 Å². The minimum absolute atomic E-state index is 0.172. The third-order valence-electron chi connectivity index (χ3n) is 2.48. The molecule has 0 aromatic carbocycles. The standard InChI is InChI=1S/C10H12BrN5O2/c1-3-15-8(4-7(2)12-15)5-14-6-9(11)10(13-14)16(17)18/h4,6H,3,5H2,1-2H3. The Bertz CT molecular complexity index is 589. The number of rotatable bonds is 4. The van der Waals surface area contributed by atoms with E-state index in [1.807, 2.05) is 24.6 Å². The van der Waals surface area contributed by atoms with Crippen LogP contribution >= 0.6 is 15.9 Å². The average Bonchev–Trinajstić information content (AvgIpc) is 2.82. The Morgan fingerprint density at radius 1 is 1.50 bits per heavy atom. The maximum atomic E-state index is 10.7. The Kier molecular flexibility index (Phi) is 3.46. The summed E-state index contributed by atoms with van der Waals surface area (Å²) in [5.41, 5.74) is 1.90. The van der Waals surface area contributed by atoms with E-state index in [1.54, 1.807) is 6.20 Å². The molecule has 7 nitrogen and oxygen atoms in total. The quantitative estimate of drug-likeness (QED) is 0.639. The molecule has 2 aromatic heterocycles. The van der Waals surface area contributed by atoms with E-state index >= 15 is 0 Å². The van der Waals surface area contributed by atoms with E-state index in [0.29, 0.717) is 11.0 Å². The van der Waals surface area contributed by atoms with Crippen LogP contribution in [0.4, 0.5) is 5.82 Å². The first kappa shape index (κ1) is 12.7. The van der Waals surface area contributed by atoms with Gasteiger partial charge in [-0.2, -0.15) is 9.78 Å². The molecule has 0 fully saturated rings. The molecule has 2 heterocycles. The van der Waals surface area contributed by atoms with Crippen LogP contribution in [0.3, 0.4) is 0 Å². The number of nitrogens with zero attached hydrogens (tertiary/aromatic N) is 5. The first-order chi connectivity index (χ1) is 8.51. The number of hydrogen-bond donors (Lipinski definition) is 0. The van der Waals surface area contributed by atoms with Crippen molar-refractivity contribution in [2.24, 2.45) is 0 Å². The van der Waals surface area contributed by atoms with Gasteiger partial charge in [-0.1, -0.05) is 0 Å². The van der Waals surface area contributed by atoms with Crippen molar-refractivity contribution >= 4 is 21.7 Å². The largest absolute Gasteiger partial charge is 0.404 e. The summed E-state index contributed by atoms with van der Waals surface area (Å²) < 4.78 is 3.77. The first-order valence-electron chi connectivity index (χ1n) is 5.42. The topological polar surface area (TPSA) is 78.8 Å². The van der Waals surface area contributed by atoms with Gasteiger partial charge in [-0.25, -0.2) is 0 Å². The van der Waals surface area contributed by atoms with Crippen molar-refractivity contribution in [2.75, 3.05) is 0 Å². The van der Waals surface area contributed by atoms with Crippen LogP contribution in [0.25, 0.3) is 0 Å². The van der Waals surface area contributed by atoms with Crippen molar-refractivity contribution in [3.05, 3.63) is 38.2 Å². The van der Waals surface area contributed by atoms with Gasteiger partial charge in [-0.05, 0) is 40.8 Å². The highest BCUT2D eigenvalue weighted by molar-refractivity contribution is 9.10. The molecule has 0 aliphatic carbocycles. The van der Waals surface area contributed by atoms with Gasteiger partial charge in [0.1, 0.15) is 11.0 Å². The molecule has 0 N–H and O–H groups in total. The molecule has 0 atom stereocenters. The highest BCUT2D eigenvalue weighted by Crippen LogP contribution is 2.22. The van der Waals surface area contributed by atoms with Gasteiger partial charge in [-0.3, -0.25) is 4.68 Å². The van der Waals surface area contributed by atoms with Crippen molar-refractivity contribution in [1.82, 2.24) is 19.6 Å². The molecule has 0 unspecified atom stereocenters. The van der Waals surface area contributed by atoms with Crippen LogP contribution in [0.5, 0.6) is 0 Å². The van der Waals surface area contributed by atoms with Gasteiger partial charge in [0.25, 0.3) is 0 Å². The molecule has 8 heteroatoms. The van der Waals surface area contributed by atoms with E-state index in [1.165, 1.54) is 4.68 Å². The van der Waals surface area contributed by atoms with Crippen molar-refractivity contribution in [3.8, 4) is 0 Å². The molecular formula is C10H12BrN5O2. The summed E-state index contributed by atoms with van der Waals surface area (Å²) in [6, 6.07) is 1.95. The van der Waals surface area contributed by atoms with Gasteiger partial charge >= 0.3 is 5.82 Å². The smallest absolute Gasteiger partial charge is 0.358 e. The van der Waals surface area contributed by atoms with Crippen molar-refractivity contribution in [2.45, 2.75) is 26.9 Å². The summed E-state index contributed by atoms with van der Waals surface area (Å²) in [4.78, 5) is 10.2. The molecule has 2 rings (SSSR count). The molecule has 0 saturated carbocycles. The fraction of sp³-hybridized carbons (Fsp3) is 0.400. The lowest BCUT2D eigenvalue weighted by atomic mass is 10.3. The Labute approximate surface area is 112 Å². The second-order valence-corrected chi connectivity index (χ2v) is 4.70. The van der Waals surface area contributed by atoms with Gasteiger partial charge in [0.2, 0.25) is 0 Å². The lowest BCUT2D eigenvalue weighted by molar-refractivity contribution is -0.390. The van der Waals surface area contributed by atoms with E-state index in [9.17, 15) is 10.1 Å². The van der Waals surface area contributed by atoms with Crippen LogP contribution in [-0.4, -0.2) is 24.5 Å². The predicted molar refractivity (Wildman–Crippen MR) is 68.3 cm³/mol. The first-order valence-corrected chi connectivity index (χ1v) is 6.21. The molecule has 2 aromatic rings. The summed E-state index contributed by atoms with van der Waals surface area (Å²) in [6.07, 6.45) is 1.60. The summed E-state index contributed by atoms with van der Waals surface area (Å²) in [5.74, 6) is -0.172. The summed E-state index contributed by atoms with van der Waals surface area (Å²) in [7, 11) is 0. The molecule has 0 aliphatic heterocycles. The molecule has 18 heavy (non-hydrogen) atoms. The summed E-state index contributed by atoms with van der Waals surface area (Å²) in [6.45, 7) is 5.13. The Morgan fingerprint density at radius 3 is 2.78 bits per heavy atom. The molecule has 0 radical (unpaired) electrons. The lowest BCUT2D eigenvalue weighted by Crippen LogP contribution is -2.08. The molecule has 0 spiro atoms. The third kappa shape index (κ3) is 2.42. The second-order valence-electron chi connectivity index (χ2n) is 3.85. The number of hydrogen-bond acceptors (Lipinski definition) is 4. The molecule has 0 aliphatic rings. The molecule has 0 amide bonds. The summed E-state index contributed by atoms with van der Waals surface area (Å²) >= 11 is 3.12. The minimum Gasteiger partial charge on any atom is -0.358 e. The van der Waals surface area contributed by atoms with E-state index in [0.717, 1.165) is 17.9 Å². The van der Waals surface area contributed by atoms with Crippen molar-refractivity contribution in [1.29, 1.82) is 0 Å². The van der Waals surface area contributed by atoms with Gasteiger partial charge in [0, 0.05) is 6.54 Å². The predicted octanol–water partition coefficient (Wildman–Crippen LogP) is 2.13. The molecular weight excluding hydrogens is 302 g/mol. The monoisotopic (exact) mass is 313 g/mol. The molecule has 0 bridgehead atoms. The number of nitro groups is 1. The molecule has 0 saturated heterocycles. The number of aryl methyl sites for hydroxylation is 2. The number of aromatic nitrogens is 4. The van der Waals surface area contributed by atoms with Crippen LogP contribution in [0, 0.1) is 17.0 Å². The number of halogens is 1. The highest BCUT2D eigenvalue weighted by atomic mass is 79.9. The minimum atomic E-state index is -0.511. The van der Waals surface area contributed by atoms with Crippen molar-refractivity contribution < 1.29 is 4.92 Å². The van der Waals surface area contributed by atoms with Gasteiger partial charge < -0.3 is 10.1 Å². The zero-order valence-electron chi connectivity index (χ0n) is 10.00. The van der Waals surface area contributed by atoms with E-state index in [4.69, 9.17) is 0 Å². The third-order valence-corrected chi connectivity index (χ3v) is 3.04. The normalized spacial score (nSPS) is 10.8. The van der Waals surface area contributed by atoms with Crippen LogP contribution in [0.2, 0.25) is 0 Å². The summed E-state index contributed by atoms with van der Waals surface area (Å²) in [5, 5.41) is 18.9. The SMILES string of the molecule is CCn1nc(C)cc1Cn1cc(Br)c([N+](=O)[O-])n1. The second kappa shape index (κ2) is 4.89. The van der Waals surface area contributed by atoms with E-state index in [2.05, 4.69) is 26.1 Å². The van der Waals surface area contributed by atoms with E-state index in [-0.39, 0.29) is 5.82 Å². The maximum absolute atomic E-state index is 10.7. The maximum Gasteiger partial charge on any atom is 0.404 e. The Balaban J connectivity index is 2.28. The fourth-order valence-corrected chi connectivity index (χ4v) is 2.22. The average molecular weight is 314 g/mol. The van der Waals surface area contributed by atoms with Gasteiger partial charge in [0.05, 0.1) is 22.7 Å². The molecule has 96 valence electrons. The zero-order chi connectivity index (χ0) is 13.3. The van der Waals surface area contributed by atoms with Crippen LogP contribution in [-0.2, 0) is 13.1 Å². The fourth-order valence-electron chi connectivity index (χ4n) is 1.76. The highest BCUT2D eigenvalue weighted by Gasteiger charge is 2.19. The van der Waals surface area contributed by atoms with Crippen LogP contribution in [0.15, 0.2) is 16.7 Å². The Hall–Kier alpha value is -1.70.